The predicted octanol–water partition coefficient (Wildman–Crippen LogP) is 2.50. The largest absolute Gasteiger partial charge is 0.480 e. The topological polar surface area (TPSA) is 81.4 Å². The first-order chi connectivity index (χ1) is 10.5. The van der Waals surface area contributed by atoms with E-state index in [0.717, 1.165) is 11.3 Å². The van der Waals surface area contributed by atoms with E-state index >= 15 is 0 Å². The highest BCUT2D eigenvalue weighted by Gasteiger charge is 2.18. The van der Waals surface area contributed by atoms with Crippen LogP contribution < -0.4 is 15.8 Å². The summed E-state index contributed by atoms with van der Waals surface area (Å²) in [6, 6.07) is 14.0. The Bertz CT molecular complexity index is 698. The number of primary amides is 1. The van der Waals surface area contributed by atoms with Crippen molar-refractivity contribution < 1.29 is 14.3 Å². The Kier molecular flexibility index (Phi) is 4.78. The van der Waals surface area contributed by atoms with Gasteiger partial charge in [-0.15, -0.1) is 0 Å². The highest BCUT2D eigenvalue weighted by molar-refractivity contribution is 5.97. The number of benzene rings is 2. The normalized spacial score (nSPS) is 11.5. The number of hydrogen-bond acceptors (Lipinski definition) is 3. The van der Waals surface area contributed by atoms with Gasteiger partial charge < -0.3 is 15.8 Å². The summed E-state index contributed by atoms with van der Waals surface area (Å²) >= 11 is 0. The molecule has 2 rings (SSSR count). The molecule has 0 radical (unpaired) electrons. The number of rotatable bonds is 5. The molecule has 5 heteroatoms. The van der Waals surface area contributed by atoms with Crippen LogP contribution in [0.2, 0.25) is 0 Å². The average Bonchev–Trinajstić information content (AvgIpc) is 2.49. The van der Waals surface area contributed by atoms with E-state index in [1.54, 1.807) is 31.2 Å². The Morgan fingerprint density at radius 1 is 1.09 bits per heavy atom. The number of hydrogen-bond donors (Lipinski definition) is 2. The van der Waals surface area contributed by atoms with E-state index in [0.29, 0.717) is 5.75 Å². The molecule has 3 N–H and O–H groups in total. The fraction of sp³-hybridized carbons (Fsp3) is 0.176. The lowest BCUT2D eigenvalue weighted by Crippen LogP contribution is -2.31. The second-order valence-corrected chi connectivity index (χ2v) is 4.92. The monoisotopic (exact) mass is 298 g/mol. The van der Waals surface area contributed by atoms with Crippen LogP contribution >= 0.6 is 0 Å². The van der Waals surface area contributed by atoms with Gasteiger partial charge in [-0.3, -0.25) is 9.59 Å². The summed E-state index contributed by atoms with van der Waals surface area (Å²) in [7, 11) is 0. The van der Waals surface area contributed by atoms with Crippen molar-refractivity contribution in [1.82, 2.24) is 0 Å². The quantitative estimate of drug-likeness (QED) is 0.889. The van der Waals surface area contributed by atoms with Crippen LogP contribution in [0.5, 0.6) is 5.75 Å². The fourth-order valence-corrected chi connectivity index (χ4v) is 1.96. The van der Waals surface area contributed by atoms with Crippen LogP contribution in [0.1, 0.15) is 22.8 Å². The number of nitrogens with one attached hydrogen (secondary N) is 1. The Balaban J connectivity index is 2.09. The lowest BCUT2D eigenvalue weighted by molar-refractivity contribution is -0.122. The van der Waals surface area contributed by atoms with Gasteiger partial charge in [0.15, 0.2) is 6.10 Å². The van der Waals surface area contributed by atoms with Crippen LogP contribution in [0, 0.1) is 6.92 Å². The second-order valence-electron chi connectivity index (χ2n) is 4.92. The standard InChI is InChI=1S/C17H18N2O3/c1-11-7-3-5-9-14(11)19-17(21)12(2)22-15-10-6-4-8-13(15)16(18)20/h3-10,12H,1-2H3,(H2,18,20)(H,19,21)/t12-/m0/s1. The molecule has 2 aromatic rings. The van der Waals surface area contributed by atoms with Gasteiger partial charge in [0.25, 0.3) is 11.8 Å². The molecule has 0 aliphatic rings. The lowest BCUT2D eigenvalue weighted by Gasteiger charge is -2.17. The number of ether oxygens (including phenoxy) is 1. The van der Waals surface area contributed by atoms with E-state index in [1.165, 1.54) is 0 Å². The van der Waals surface area contributed by atoms with Gasteiger partial charge in [0.05, 0.1) is 5.56 Å². The Hall–Kier alpha value is -2.82. The Labute approximate surface area is 129 Å². The third-order valence-electron chi connectivity index (χ3n) is 3.23. The first kappa shape index (κ1) is 15.6. The molecule has 0 heterocycles. The molecule has 0 spiro atoms. The van der Waals surface area contributed by atoms with Crippen molar-refractivity contribution in [3.63, 3.8) is 0 Å². The van der Waals surface area contributed by atoms with Crippen LogP contribution in [-0.4, -0.2) is 17.9 Å². The number of amides is 2. The number of nitrogens with two attached hydrogens (primary N) is 1. The van der Waals surface area contributed by atoms with Crippen molar-refractivity contribution >= 4 is 17.5 Å². The molecule has 0 aliphatic carbocycles. The molecule has 2 amide bonds. The maximum absolute atomic E-state index is 12.2. The molecular formula is C17H18N2O3. The van der Waals surface area contributed by atoms with E-state index in [4.69, 9.17) is 10.5 Å². The van der Waals surface area contributed by atoms with E-state index in [2.05, 4.69) is 5.32 Å². The predicted molar refractivity (Wildman–Crippen MR) is 84.9 cm³/mol. The van der Waals surface area contributed by atoms with Crippen LogP contribution in [0.3, 0.4) is 0 Å². The summed E-state index contributed by atoms with van der Waals surface area (Å²) < 4.78 is 5.57. The number of anilines is 1. The van der Waals surface area contributed by atoms with Gasteiger partial charge in [-0.2, -0.15) is 0 Å². The zero-order valence-corrected chi connectivity index (χ0v) is 12.5. The summed E-state index contributed by atoms with van der Waals surface area (Å²) in [5, 5.41) is 2.80. The molecule has 2 aromatic carbocycles. The molecule has 0 unspecified atom stereocenters. The Morgan fingerprint density at radius 3 is 2.41 bits per heavy atom. The van der Waals surface area contributed by atoms with Crippen LogP contribution in [0.25, 0.3) is 0 Å². The average molecular weight is 298 g/mol. The van der Waals surface area contributed by atoms with Gasteiger partial charge in [-0.25, -0.2) is 0 Å². The van der Waals surface area contributed by atoms with E-state index in [9.17, 15) is 9.59 Å². The van der Waals surface area contributed by atoms with Gasteiger partial charge in [-0.1, -0.05) is 30.3 Å². The van der Waals surface area contributed by atoms with E-state index < -0.39 is 12.0 Å². The summed E-state index contributed by atoms with van der Waals surface area (Å²) in [6.07, 6.45) is -0.764. The molecule has 0 aliphatic heterocycles. The van der Waals surface area contributed by atoms with Crippen molar-refractivity contribution in [3.05, 3.63) is 59.7 Å². The number of carbonyl (C=O) groups excluding carboxylic acids is 2. The molecule has 0 saturated carbocycles. The first-order valence-corrected chi connectivity index (χ1v) is 6.91. The van der Waals surface area contributed by atoms with Gasteiger partial charge in [0.1, 0.15) is 5.75 Å². The van der Waals surface area contributed by atoms with Crippen molar-refractivity contribution in [3.8, 4) is 5.75 Å². The molecule has 5 nitrogen and oxygen atoms in total. The van der Waals surface area contributed by atoms with Crippen LogP contribution in [-0.2, 0) is 4.79 Å². The molecule has 114 valence electrons. The minimum absolute atomic E-state index is 0.248. The highest BCUT2D eigenvalue weighted by atomic mass is 16.5. The van der Waals surface area contributed by atoms with Crippen molar-refractivity contribution in [2.24, 2.45) is 5.73 Å². The van der Waals surface area contributed by atoms with Crippen molar-refractivity contribution in [2.45, 2.75) is 20.0 Å². The van der Waals surface area contributed by atoms with Crippen molar-refractivity contribution in [2.75, 3.05) is 5.32 Å². The zero-order valence-electron chi connectivity index (χ0n) is 12.5. The number of carbonyl (C=O) groups is 2. The van der Waals surface area contributed by atoms with Crippen LogP contribution in [0.15, 0.2) is 48.5 Å². The summed E-state index contributed by atoms with van der Waals surface area (Å²) in [6.45, 7) is 3.52. The van der Waals surface area contributed by atoms with Crippen LogP contribution in [0.4, 0.5) is 5.69 Å². The summed E-state index contributed by atoms with van der Waals surface area (Å²) in [5.41, 5.74) is 7.23. The second kappa shape index (κ2) is 6.76. The SMILES string of the molecule is Cc1ccccc1NC(=O)[C@H](C)Oc1ccccc1C(N)=O. The molecule has 1 atom stereocenters. The maximum atomic E-state index is 12.2. The summed E-state index contributed by atoms with van der Waals surface area (Å²) in [4.78, 5) is 23.5. The van der Waals surface area contributed by atoms with Gasteiger partial charge in [-0.05, 0) is 37.6 Å². The van der Waals surface area contributed by atoms with Gasteiger partial charge in [0.2, 0.25) is 0 Å². The third-order valence-corrected chi connectivity index (χ3v) is 3.23. The smallest absolute Gasteiger partial charge is 0.265 e. The number of para-hydroxylation sites is 2. The third kappa shape index (κ3) is 3.63. The number of aryl methyl sites for hydroxylation is 1. The lowest BCUT2D eigenvalue weighted by atomic mass is 10.2. The minimum atomic E-state index is -0.764. The van der Waals surface area contributed by atoms with E-state index in [1.807, 2.05) is 31.2 Å². The zero-order chi connectivity index (χ0) is 16.1. The molecule has 0 bridgehead atoms. The molecule has 22 heavy (non-hydrogen) atoms. The maximum Gasteiger partial charge on any atom is 0.265 e. The minimum Gasteiger partial charge on any atom is -0.480 e. The van der Waals surface area contributed by atoms with E-state index in [-0.39, 0.29) is 11.5 Å². The molecular weight excluding hydrogens is 280 g/mol. The summed E-state index contributed by atoms with van der Waals surface area (Å²) in [5.74, 6) is -0.599. The molecule has 0 aromatic heterocycles. The molecule has 0 saturated heterocycles. The van der Waals surface area contributed by atoms with Crippen molar-refractivity contribution in [1.29, 1.82) is 0 Å². The highest BCUT2D eigenvalue weighted by Crippen LogP contribution is 2.20. The molecule has 0 fully saturated rings. The fourth-order valence-electron chi connectivity index (χ4n) is 1.96. The first-order valence-electron chi connectivity index (χ1n) is 6.91. The Morgan fingerprint density at radius 2 is 1.73 bits per heavy atom. The van der Waals surface area contributed by atoms with Gasteiger partial charge >= 0.3 is 0 Å². The van der Waals surface area contributed by atoms with Gasteiger partial charge in [0, 0.05) is 5.69 Å².